The number of halogens is 1. The molecule has 1 spiro atoms. The summed E-state index contributed by atoms with van der Waals surface area (Å²) in [5.74, 6) is -2.08. The van der Waals surface area contributed by atoms with Crippen LogP contribution in [0.4, 0.5) is 5.69 Å². The summed E-state index contributed by atoms with van der Waals surface area (Å²) in [5, 5.41) is 6.82. The zero-order valence-corrected chi connectivity index (χ0v) is 27.0. The molecule has 3 unspecified atom stereocenters. The van der Waals surface area contributed by atoms with E-state index in [1.165, 1.54) is 12.0 Å². The standard InChI is InChI=1S/C36H44ClN5O4/c37-26-12-14-28(15-13-26)38-33(43)30-29-16-17-36(46-29)31(30)35(45)42(32(36)34(44)39-27-10-5-2-6-11-27)19-7-18-40-20-22-41(23-21-40)24-25-8-3-1-4-9-25/h1,3-4,8-9,12-17,27,29-32H,2,5-7,10-11,18-24H2,(H,38,43)(H,39,44)/t29-,30?,31-,32?,36?/m0/s1. The van der Waals surface area contributed by atoms with Gasteiger partial charge < -0.3 is 25.2 Å². The number of ether oxygens (including phenoxy) is 1. The van der Waals surface area contributed by atoms with Crippen LogP contribution in [0.5, 0.6) is 0 Å². The maximum atomic E-state index is 14.3. The smallest absolute Gasteiger partial charge is 0.246 e. The molecule has 3 amide bonds. The fourth-order valence-electron chi connectivity index (χ4n) is 8.27. The van der Waals surface area contributed by atoms with Crippen LogP contribution < -0.4 is 10.6 Å². The molecule has 0 aromatic heterocycles. The second kappa shape index (κ2) is 13.5. The first-order valence-electron chi connectivity index (χ1n) is 16.9. The van der Waals surface area contributed by atoms with Gasteiger partial charge in [-0.3, -0.25) is 19.3 Å². The predicted molar refractivity (Wildman–Crippen MR) is 177 cm³/mol. The number of anilines is 1. The lowest BCUT2D eigenvalue weighted by molar-refractivity contribution is -0.141. The molecule has 3 saturated heterocycles. The van der Waals surface area contributed by atoms with Gasteiger partial charge in [0.1, 0.15) is 11.6 Å². The minimum Gasteiger partial charge on any atom is -0.359 e. The first kappa shape index (κ1) is 31.4. The van der Waals surface area contributed by atoms with E-state index in [9.17, 15) is 14.4 Å². The van der Waals surface area contributed by atoms with E-state index in [1.807, 2.05) is 18.2 Å². The minimum atomic E-state index is -1.15. The highest BCUT2D eigenvalue weighted by Gasteiger charge is 2.72. The van der Waals surface area contributed by atoms with Crippen LogP contribution in [0.3, 0.4) is 0 Å². The maximum absolute atomic E-state index is 14.3. The van der Waals surface area contributed by atoms with Crippen molar-refractivity contribution in [3.63, 3.8) is 0 Å². The number of fused-ring (bicyclic) bond motifs is 1. The number of likely N-dealkylation sites (tertiary alicyclic amines) is 1. The molecule has 5 atom stereocenters. The Kier molecular flexibility index (Phi) is 9.19. The lowest BCUT2D eigenvalue weighted by Crippen LogP contribution is -2.56. The molecule has 4 fully saturated rings. The molecule has 0 radical (unpaired) electrons. The van der Waals surface area contributed by atoms with Crippen molar-refractivity contribution in [1.29, 1.82) is 0 Å². The Labute approximate surface area is 276 Å². The van der Waals surface area contributed by atoms with E-state index in [2.05, 4.69) is 44.7 Å². The molecule has 9 nitrogen and oxygen atoms in total. The second-order valence-electron chi connectivity index (χ2n) is 13.5. The molecule has 46 heavy (non-hydrogen) atoms. The van der Waals surface area contributed by atoms with Gasteiger partial charge >= 0.3 is 0 Å². The van der Waals surface area contributed by atoms with Crippen LogP contribution in [0.15, 0.2) is 66.7 Å². The van der Waals surface area contributed by atoms with Gasteiger partial charge in [0, 0.05) is 56.0 Å². The number of piperazine rings is 1. The zero-order chi connectivity index (χ0) is 31.7. The Morgan fingerprint density at radius 3 is 2.35 bits per heavy atom. The largest absolute Gasteiger partial charge is 0.359 e. The number of carbonyl (C=O) groups excluding carboxylic acids is 3. The van der Waals surface area contributed by atoms with Crippen molar-refractivity contribution in [2.45, 2.75) is 68.9 Å². The molecule has 7 rings (SSSR count). The molecule has 2 N–H and O–H groups in total. The maximum Gasteiger partial charge on any atom is 0.246 e. The molecule has 5 aliphatic rings. The summed E-state index contributed by atoms with van der Waals surface area (Å²) in [5.41, 5.74) is 0.787. The van der Waals surface area contributed by atoms with Crippen LogP contribution in [0, 0.1) is 11.8 Å². The summed E-state index contributed by atoms with van der Waals surface area (Å²) in [6.07, 6.45) is 9.22. The average molecular weight is 646 g/mol. The van der Waals surface area contributed by atoms with E-state index in [0.29, 0.717) is 17.3 Å². The fraction of sp³-hybridized carbons (Fsp3) is 0.528. The Morgan fingerprint density at radius 1 is 0.891 bits per heavy atom. The number of benzene rings is 2. The quantitative estimate of drug-likeness (QED) is 0.378. The van der Waals surface area contributed by atoms with Crippen LogP contribution >= 0.6 is 11.6 Å². The van der Waals surface area contributed by atoms with Gasteiger partial charge in [-0.2, -0.15) is 0 Å². The van der Waals surface area contributed by atoms with Gasteiger partial charge in [0.15, 0.2) is 0 Å². The average Bonchev–Trinajstić information content (AvgIpc) is 3.71. The molecule has 1 saturated carbocycles. The van der Waals surface area contributed by atoms with Gasteiger partial charge in [0.25, 0.3) is 0 Å². The van der Waals surface area contributed by atoms with E-state index in [1.54, 1.807) is 29.2 Å². The van der Waals surface area contributed by atoms with Gasteiger partial charge in [0.2, 0.25) is 17.7 Å². The third-order valence-electron chi connectivity index (χ3n) is 10.6. The van der Waals surface area contributed by atoms with E-state index < -0.39 is 29.6 Å². The first-order valence-corrected chi connectivity index (χ1v) is 17.3. The van der Waals surface area contributed by atoms with Crippen molar-refractivity contribution in [2.24, 2.45) is 11.8 Å². The summed E-state index contributed by atoms with van der Waals surface area (Å²) >= 11 is 6.04. The Morgan fingerprint density at radius 2 is 1.61 bits per heavy atom. The highest BCUT2D eigenvalue weighted by Crippen LogP contribution is 2.55. The van der Waals surface area contributed by atoms with Crippen LogP contribution in [-0.2, 0) is 25.7 Å². The lowest BCUT2D eigenvalue weighted by atomic mass is 9.74. The van der Waals surface area contributed by atoms with Gasteiger partial charge in [-0.15, -0.1) is 0 Å². The van der Waals surface area contributed by atoms with Crippen molar-refractivity contribution in [2.75, 3.05) is 44.6 Å². The number of rotatable bonds is 10. The lowest BCUT2D eigenvalue weighted by Gasteiger charge is -2.36. The summed E-state index contributed by atoms with van der Waals surface area (Å²) in [7, 11) is 0. The topological polar surface area (TPSA) is 94.2 Å². The Hall–Kier alpha value is -3.24. The van der Waals surface area contributed by atoms with Crippen molar-refractivity contribution < 1.29 is 19.1 Å². The summed E-state index contributed by atoms with van der Waals surface area (Å²) in [6.45, 7) is 6.19. The third kappa shape index (κ3) is 6.22. The number of hydrogen-bond acceptors (Lipinski definition) is 6. The molecule has 2 aromatic rings. The molecule has 244 valence electrons. The Bertz CT molecular complexity index is 1440. The monoisotopic (exact) mass is 645 g/mol. The molecular weight excluding hydrogens is 602 g/mol. The number of carbonyl (C=O) groups is 3. The Balaban J connectivity index is 1.04. The highest BCUT2D eigenvalue weighted by atomic mass is 35.5. The number of nitrogens with one attached hydrogen (secondary N) is 2. The predicted octanol–water partition coefficient (Wildman–Crippen LogP) is 4.09. The normalized spacial score (nSPS) is 29.7. The second-order valence-corrected chi connectivity index (χ2v) is 14.0. The van der Waals surface area contributed by atoms with E-state index in [-0.39, 0.29) is 23.8 Å². The van der Waals surface area contributed by atoms with Crippen LogP contribution in [0.1, 0.15) is 44.1 Å². The molecular formula is C36H44ClN5O4. The summed E-state index contributed by atoms with van der Waals surface area (Å²) in [6, 6.07) is 16.8. The SMILES string of the molecule is O=C(Nc1ccc(Cl)cc1)C1[C@@H]2C=CC3(O2)C(C(=O)NC2CCCCC2)N(CCCN2CCN(Cc4ccccc4)CC2)C(=O)[C@H]13. The van der Waals surface area contributed by atoms with E-state index >= 15 is 0 Å². The highest BCUT2D eigenvalue weighted by molar-refractivity contribution is 6.30. The first-order chi connectivity index (χ1) is 22.4. The van der Waals surface area contributed by atoms with Crippen LogP contribution in [0.2, 0.25) is 5.02 Å². The van der Waals surface area contributed by atoms with Crippen molar-refractivity contribution >= 4 is 35.0 Å². The molecule has 2 aromatic carbocycles. The van der Waals surface area contributed by atoms with Crippen molar-refractivity contribution in [3.05, 3.63) is 77.3 Å². The number of amides is 3. The number of nitrogens with zero attached hydrogens (tertiary/aromatic N) is 3. The molecule has 2 bridgehead atoms. The fourth-order valence-corrected chi connectivity index (χ4v) is 8.40. The number of hydrogen-bond donors (Lipinski definition) is 2. The molecule has 4 aliphatic heterocycles. The van der Waals surface area contributed by atoms with Crippen molar-refractivity contribution in [1.82, 2.24) is 20.0 Å². The van der Waals surface area contributed by atoms with Gasteiger partial charge in [-0.1, -0.05) is 73.3 Å². The van der Waals surface area contributed by atoms with Gasteiger partial charge in [-0.25, -0.2) is 0 Å². The summed E-state index contributed by atoms with van der Waals surface area (Å²) in [4.78, 5) is 48.8. The third-order valence-corrected chi connectivity index (χ3v) is 10.8. The van der Waals surface area contributed by atoms with E-state index in [0.717, 1.165) is 71.4 Å². The van der Waals surface area contributed by atoms with Crippen LogP contribution in [0.25, 0.3) is 0 Å². The zero-order valence-electron chi connectivity index (χ0n) is 26.3. The molecule has 4 heterocycles. The summed E-state index contributed by atoms with van der Waals surface area (Å²) < 4.78 is 6.52. The van der Waals surface area contributed by atoms with Crippen LogP contribution in [-0.4, -0.2) is 95.5 Å². The van der Waals surface area contributed by atoms with E-state index in [4.69, 9.17) is 16.3 Å². The van der Waals surface area contributed by atoms with Gasteiger partial charge in [-0.05, 0) is 55.6 Å². The molecule has 10 heteroatoms. The van der Waals surface area contributed by atoms with Crippen molar-refractivity contribution in [3.8, 4) is 0 Å². The minimum absolute atomic E-state index is 0.104. The molecule has 1 aliphatic carbocycles. The van der Waals surface area contributed by atoms with Gasteiger partial charge in [0.05, 0.1) is 17.9 Å².